The number of anilines is 1. The summed E-state index contributed by atoms with van der Waals surface area (Å²) < 4.78 is 38.0. The minimum Gasteiger partial charge on any atom is -0.357 e. The van der Waals surface area contributed by atoms with Crippen LogP contribution in [-0.4, -0.2) is 52.6 Å². The molecular weight excluding hydrogens is 377 g/mol. The molecule has 0 bridgehead atoms. The van der Waals surface area contributed by atoms with Crippen LogP contribution in [0.15, 0.2) is 17.3 Å². The standard InChI is InChI=1S/C17H27F3N6S/c1-3-21-15(25-12-5-6-13(11-12)27-4-2)23-9-10-24-16-22-8-7-14(26-16)17(18,19)20/h7-8,12-13H,3-6,9-11H2,1-2H3,(H2,21,23,25)(H,22,24,26). The largest absolute Gasteiger partial charge is 0.433 e. The van der Waals surface area contributed by atoms with E-state index in [4.69, 9.17) is 0 Å². The summed E-state index contributed by atoms with van der Waals surface area (Å²) >= 11 is 2.00. The van der Waals surface area contributed by atoms with Gasteiger partial charge in [-0.15, -0.1) is 0 Å². The van der Waals surface area contributed by atoms with Crippen molar-refractivity contribution >= 4 is 23.7 Å². The number of thioether (sulfide) groups is 1. The Labute approximate surface area is 162 Å². The highest BCUT2D eigenvalue weighted by Crippen LogP contribution is 2.29. The quantitative estimate of drug-likeness (QED) is 0.351. The average Bonchev–Trinajstić information content (AvgIpc) is 3.06. The molecule has 1 heterocycles. The van der Waals surface area contributed by atoms with Gasteiger partial charge in [0.1, 0.15) is 5.69 Å². The second kappa shape index (κ2) is 10.6. The highest BCUT2D eigenvalue weighted by molar-refractivity contribution is 7.99. The van der Waals surface area contributed by atoms with Crippen molar-refractivity contribution in [2.45, 2.75) is 50.6 Å². The summed E-state index contributed by atoms with van der Waals surface area (Å²) in [5.74, 6) is 1.82. The molecule has 3 N–H and O–H groups in total. The summed E-state index contributed by atoms with van der Waals surface area (Å²) in [6, 6.07) is 1.26. The minimum atomic E-state index is -4.48. The molecule has 0 spiro atoms. The molecule has 0 aliphatic heterocycles. The van der Waals surface area contributed by atoms with Gasteiger partial charge in [-0.3, -0.25) is 4.99 Å². The number of nitrogens with one attached hydrogen (secondary N) is 3. The normalized spacial score (nSPS) is 20.6. The average molecular weight is 405 g/mol. The predicted octanol–water partition coefficient (Wildman–Crippen LogP) is 3.14. The molecule has 27 heavy (non-hydrogen) atoms. The number of guanidine groups is 1. The molecule has 0 amide bonds. The van der Waals surface area contributed by atoms with E-state index in [0.29, 0.717) is 24.4 Å². The molecule has 10 heteroatoms. The Morgan fingerprint density at radius 1 is 1.33 bits per heavy atom. The Kier molecular flexibility index (Phi) is 8.46. The monoisotopic (exact) mass is 404 g/mol. The lowest BCUT2D eigenvalue weighted by molar-refractivity contribution is -0.141. The van der Waals surface area contributed by atoms with Crippen LogP contribution in [0.5, 0.6) is 0 Å². The van der Waals surface area contributed by atoms with Gasteiger partial charge in [-0.25, -0.2) is 9.97 Å². The van der Waals surface area contributed by atoms with Gasteiger partial charge in [-0.05, 0) is 38.0 Å². The molecule has 1 aliphatic carbocycles. The number of halogens is 3. The van der Waals surface area contributed by atoms with Gasteiger partial charge in [-0.2, -0.15) is 24.9 Å². The van der Waals surface area contributed by atoms with Crippen LogP contribution in [0.1, 0.15) is 38.8 Å². The zero-order valence-corrected chi connectivity index (χ0v) is 16.5. The lowest BCUT2D eigenvalue weighted by Crippen LogP contribution is -2.42. The molecule has 0 saturated heterocycles. The smallest absolute Gasteiger partial charge is 0.357 e. The molecule has 2 atom stereocenters. The SMILES string of the molecule is CCNC(=NCCNc1nccc(C(F)(F)F)n1)NC1CCC(SCC)C1. The molecule has 1 fully saturated rings. The van der Waals surface area contributed by atoms with E-state index in [-0.39, 0.29) is 5.95 Å². The number of aliphatic imine (C=N–C) groups is 1. The Bertz CT molecular complexity index is 611. The summed E-state index contributed by atoms with van der Waals surface area (Å²) in [5.41, 5.74) is -0.959. The van der Waals surface area contributed by atoms with Crippen molar-refractivity contribution < 1.29 is 13.2 Å². The fourth-order valence-corrected chi connectivity index (χ4v) is 4.05. The van der Waals surface area contributed by atoms with Crippen molar-refractivity contribution in [1.29, 1.82) is 0 Å². The van der Waals surface area contributed by atoms with Gasteiger partial charge in [0.05, 0.1) is 6.54 Å². The van der Waals surface area contributed by atoms with E-state index in [9.17, 15) is 13.2 Å². The highest BCUT2D eigenvalue weighted by atomic mass is 32.2. The van der Waals surface area contributed by atoms with Crippen LogP contribution in [0.25, 0.3) is 0 Å². The molecule has 0 radical (unpaired) electrons. The topological polar surface area (TPSA) is 74.2 Å². The summed E-state index contributed by atoms with van der Waals surface area (Å²) in [4.78, 5) is 11.8. The predicted molar refractivity (Wildman–Crippen MR) is 104 cm³/mol. The zero-order chi connectivity index (χ0) is 19.7. The van der Waals surface area contributed by atoms with Crippen molar-refractivity contribution in [3.8, 4) is 0 Å². The number of hydrogen-bond donors (Lipinski definition) is 3. The van der Waals surface area contributed by atoms with Gasteiger partial charge >= 0.3 is 6.18 Å². The van der Waals surface area contributed by atoms with Crippen molar-refractivity contribution in [2.75, 3.05) is 30.7 Å². The van der Waals surface area contributed by atoms with Crippen LogP contribution in [0, 0.1) is 0 Å². The van der Waals surface area contributed by atoms with E-state index in [1.54, 1.807) is 0 Å². The summed E-state index contributed by atoms with van der Waals surface area (Å²) in [5, 5.41) is 10.1. The maximum Gasteiger partial charge on any atom is 0.433 e. The second-order valence-corrected chi connectivity index (χ2v) is 7.76. The van der Waals surface area contributed by atoms with Gasteiger partial charge in [-0.1, -0.05) is 6.92 Å². The first kappa shape index (κ1) is 21.6. The molecule has 2 unspecified atom stereocenters. The van der Waals surface area contributed by atoms with Crippen LogP contribution >= 0.6 is 11.8 Å². The number of rotatable bonds is 8. The van der Waals surface area contributed by atoms with E-state index in [2.05, 4.69) is 37.8 Å². The number of hydrogen-bond acceptors (Lipinski definition) is 5. The van der Waals surface area contributed by atoms with Gasteiger partial charge < -0.3 is 16.0 Å². The summed E-state index contributed by atoms with van der Waals surface area (Å²) in [6.45, 7) is 5.66. The molecule has 1 aromatic heterocycles. The Balaban J connectivity index is 1.81. The van der Waals surface area contributed by atoms with Crippen LogP contribution in [0.2, 0.25) is 0 Å². The van der Waals surface area contributed by atoms with Crippen LogP contribution < -0.4 is 16.0 Å². The summed E-state index contributed by atoms with van der Waals surface area (Å²) in [6.07, 6.45) is 0.0778. The van der Waals surface area contributed by atoms with Crippen molar-refractivity contribution in [3.63, 3.8) is 0 Å². The lowest BCUT2D eigenvalue weighted by Gasteiger charge is -2.17. The van der Waals surface area contributed by atoms with Crippen molar-refractivity contribution in [3.05, 3.63) is 18.0 Å². The van der Waals surface area contributed by atoms with E-state index < -0.39 is 11.9 Å². The minimum absolute atomic E-state index is 0.0480. The fraction of sp³-hybridized carbons (Fsp3) is 0.706. The van der Waals surface area contributed by atoms with Crippen LogP contribution in [0.4, 0.5) is 19.1 Å². The maximum atomic E-state index is 12.7. The van der Waals surface area contributed by atoms with Gasteiger partial charge in [0.2, 0.25) is 5.95 Å². The van der Waals surface area contributed by atoms with E-state index in [0.717, 1.165) is 43.4 Å². The Morgan fingerprint density at radius 2 is 2.15 bits per heavy atom. The Hall–Kier alpha value is -1.71. The molecule has 1 aromatic rings. The van der Waals surface area contributed by atoms with E-state index >= 15 is 0 Å². The number of alkyl halides is 3. The first-order valence-electron chi connectivity index (χ1n) is 9.23. The molecule has 2 rings (SSSR count). The number of nitrogens with zero attached hydrogens (tertiary/aromatic N) is 3. The highest BCUT2D eigenvalue weighted by Gasteiger charge is 2.32. The number of aromatic nitrogens is 2. The third-order valence-electron chi connectivity index (χ3n) is 4.08. The van der Waals surface area contributed by atoms with E-state index in [1.165, 1.54) is 6.42 Å². The first-order valence-corrected chi connectivity index (χ1v) is 10.3. The Morgan fingerprint density at radius 3 is 2.85 bits per heavy atom. The van der Waals surface area contributed by atoms with Crippen LogP contribution in [-0.2, 0) is 6.18 Å². The molecule has 0 aromatic carbocycles. The molecule has 1 saturated carbocycles. The van der Waals surface area contributed by atoms with Gasteiger partial charge in [0, 0.05) is 30.6 Å². The van der Waals surface area contributed by atoms with Crippen LogP contribution in [0.3, 0.4) is 0 Å². The zero-order valence-electron chi connectivity index (χ0n) is 15.6. The fourth-order valence-electron chi connectivity index (χ4n) is 2.91. The van der Waals surface area contributed by atoms with Gasteiger partial charge in [0.15, 0.2) is 5.96 Å². The third-order valence-corrected chi connectivity index (χ3v) is 5.32. The lowest BCUT2D eigenvalue weighted by atomic mass is 10.2. The molecule has 1 aliphatic rings. The second-order valence-electron chi connectivity index (χ2n) is 6.18. The molecular formula is C17H27F3N6S. The molecule has 6 nitrogen and oxygen atoms in total. The van der Waals surface area contributed by atoms with Gasteiger partial charge in [0.25, 0.3) is 0 Å². The summed E-state index contributed by atoms with van der Waals surface area (Å²) in [7, 11) is 0. The van der Waals surface area contributed by atoms with E-state index in [1.807, 2.05) is 18.7 Å². The van der Waals surface area contributed by atoms with Crippen molar-refractivity contribution in [1.82, 2.24) is 20.6 Å². The maximum absolute atomic E-state index is 12.7. The molecule has 152 valence electrons. The third kappa shape index (κ3) is 7.43. The van der Waals surface area contributed by atoms with Crippen molar-refractivity contribution in [2.24, 2.45) is 4.99 Å². The first-order chi connectivity index (χ1) is 12.9.